The van der Waals surface area contributed by atoms with E-state index >= 15 is 0 Å². The lowest BCUT2D eigenvalue weighted by molar-refractivity contribution is -0.141. The molecule has 43 heavy (non-hydrogen) atoms. The van der Waals surface area contributed by atoms with Crippen molar-refractivity contribution in [2.24, 2.45) is 5.92 Å². The van der Waals surface area contributed by atoms with Crippen LogP contribution in [0.4, 0.5) is 0 Å². The van der Waals surface area contributed by atoms with E-state index in [2.05, 4.69) is 10.6 Å². The van der Waals surface area contributed by atoms with E-state index in [0.717, 1.165) is 21.9 Å². The van der Waals surface area contributed by atoms with Crippen molar-refractivity contribution in [3.05, 3.63) is 97.1 Å². The molecule has 4 rings (SSSR count). The summed E-state index contributed by atoms with van der Waals surface area (Å²) in [4.78, 5) is 50.4. The lowest BCUT2D eigenvalue weighted by Crippen LogP contribution is -2.55. The summed E-state index contributed by atoms with van der Waals surface area (Å²) in [6.07, 6.45) is -0.635. The first-order valence-electron chi connectivity index (χ1n) is 13.9. The first-order valence-corrected chi connectivity index (χ1v) is 13.9. The van der Waals surface area contributed by atoms with Crippen LogP contribution in [0.2, 0.25) is 0 Å². The highest BCUT2D eigenvalue weighted by molar-refractivity contribution is 5.95. The number of hydrogen-bond donors (Lipinski definition) is 3. The molecule has 0 aliphatic carbocycles. The minimum Gasteiger partial charge on any atom is -0.486 e. The fourth-order valence-corrected chi connectivity index (χ4v) is 4.53. The SMILES string of the molecule is CC(C)[C@H](NC(=O)COc1cccc2ccccc12)C(=O)N[C@@H](CC(=O)O)C(=O)COc1ccc(-c2ccccc2)cc1. The lowest BCUT2D eigenvalue weighted by Gasteiger charge is -2.24. The molecule has 0 aromatic heterocycles. The standard InChI is InChI=1S/C34H34N2O7/c1-22(2)33(36-31(38)21-43-30-14-8-12-25-11-6-7-13-27(25)30)34(41)35-28(19-32(39)40)29(37)20-42-26-17-15-24(16-18-26)23-9-4-3-5-10-23/h3-18,22,28,33H,19-21H2,1-2H3,(H,35,41)(H,36,38)(H,39,40)/t28-,33-/m0/s1. The number of nitrogens with one attached hydrogen (secondary N) is 2. The Morgan fingerprint density at radius 2 is 1.37 bits per heavy atom. The van der Waals surface area contributed by atoms with E-state index in [9.17, 15) is 24.3 Å². The molecule has 3 N–H and O–H groups in total. The summed E-state index contributed by atoms with van der Waals surface area (Å²) in [5.74, 6) is -2.50. The van der Waals surface area contributed by atoms with Crippen LogP contribution < -0.4 is 20.1 Å². The van der Waals surface area contributed by atoms with Gasteiger partial charge >= 0.3 is 5.97 Å². The molecule has 0 fully saturated rings. The number of carboxylic acid groups (broad SMARTS) is 1. The molecule has 0 saturated carbocycles. The van der Waals surface area contributed by atoms with Crippen molar-refractivity contribution in [1.29, 1.82) is 0 Å². The zero-order valence-corrected chi connectivity index (χ0v) is 24.0. The number of carbonyl (C=O) groups excluding carboxylic acids is 3. The molecule has 9 heteroatoms. The number of amides is 2. The van der Waals surface area contributed by atoms with Crippen molar-refractivity contribution >= 4 is 34.3 Å². The van der Waals surface area contributed by atoms with Crippen LogP contribution in [0.15, 0.2) is 97.1 Å². The third-order valence-electron chi connectivity index (χ3n) is 6.80. The van der Waals surface area contributed by atoms with Crippen LogP contribution in [0.5, 0.6) is 11.5 Å². The quantitative estimate of drug-likeness (QED) is 0.198. The van der Waals surface area contributed by atoms with Gasteiger partial charge in [-0.2, -0.15) is 0 Å². The van der Waals surface area contributed by atoms with Crippen LogP contribution in [-0.4, -0.2) is 54.0 Å². The van der Waals surface area contributed by atoms with Crippen molar-refractivity contribution in [3.8, 4) is 22.6 Å². The third-order valence-corrected chi connectivity index (χ3v) is 6.80. The fraction of sp³-hybridized carbons (Fsp3) is 0.235. The normalized spacial score (nSPS) is 12.3. The zero-order valence-electron chi connectivity index (χ0n) is 24.0. The average molecular weight is 583 g/mol. The Hall–Kier alpha value is -5.18. The predicted octanol–water partition coefficient (Wildman–Crippen LogP) is 4.63. The second kappa shape index (κ2) is 14.6. The van der Waals surface area contributed by atoms with Gasteiger partial charge in [-0.05, 0) is 40.6 Å². The molecule has 4 aromatic rings. The Morgan fingerprint density at radius 3 is 2.07 bits per heavy atom. The Morgan fingerprint density at radius 1 is 0.721 bits per heavy atom. The van der Waals surface area contributed by atoms with E-state index in [-0.39, 0.29) is 12.5 Å². The summed E-state index contributed by atoms with van der Waals surface area (Å²) in [5.41, 5.74) is 2.00. The second-order valence-corrected chi connectivity index (χ2v) is 10.4. The molecule has 0 heterocycles. The molecule has 0 aliphatic rings. The molecule has 0 unspecified atom stereocenters. The Labute approximate surface area is 249 Å². The molecule has 0 aliphatic heterocycles. The van der Waals surface area contributed by atoms with Crippen molar-refractivity contribution in [2.45, 2.75) is 32.4 Å². The number of hydrogen-bond acceptors (Lipinski definition) is 6. The number of fused-ring (bicyclic) bond motifs is 1. The van der Waals surface area contributed by atoms with E-state index in [1.54, 1.807) is 32.0 Å². The maximum absolute atomic E-state index is 13.2. The number of carbonyl (C=O) groups is 4. The number of rotatable bonds is 14. The van der Waals surface area contributed by atoms with Crippen molar-refractivity contribution in [3.63, 3.8) is 0 Å². The molecule has 4 aromatic carbocycles. The molecule has 0 spiro atoms. The van der Waals surface area contributed by atoms with E-state index in [1.807, 2.05) is 78.9 Å². The summed E-state index contributed by atoms with van der Waals surface area (Å²) in [7, 11) is 0. The Kier molecular flexibility index (Phi) is 10.5. The van der Waals surface area contributed by atoms with Gasteiger partial charge in [0.25, 0.3) is 5.91 Å². The first kappa shape index (κ1) is 30.8. The first-order chi connectivity index (χ1) is 20.7. The Balaban J connectivity index is 1.34. The van der Waals surface area contributed by atoms with Gasteiger partial charge in [0.2, 0.25) is 5.91 Å². The molecule has 2 amide bonds. The van der Waals surface area contributed by atoms with E-state index in [0.29, 0.717) is 11.5 Å². The van der Waals surface area contributed by atoms with Crippen LogP contribution in [0.3, 0.4) is 0 Å². The highest BCUT2D eigenvalue weighted by Crippen LogP contribution is 2.25. The maximum Gasteiger partial charge on any atom is 0.305 e. The van der Waals surface area contributed by atoms with E-state index < -0.39 is 48.7 Å². The molecular weight excluding hydrogens is 548 g/mol. The summed E-state index contributed by atoms with van der Waals surface area (Å²) >= 11 is 0. The molecule has 0 radical (unpaired) electrons. The summed E-state index contributed by atoms with van der Waals surface area (Å²) in [5, 5.41) is 16.3. The number of Topliss-reactive ketones (excluding diaryl/α,β-unsaturated/α-hetero) is 1. The lowest BCUT2D eigenvalue weighted by atomic mass is 10.0. The van der Waals surface area contributed by atoms with Gasteiger partial charge in [-0.25, -0.2) is 0 Å². The second-order valence-electron chi connectivity index (χ2n) is 10.4. The van der Waals surface area contributed by atoms with Gasteiger partial charge in [-0.15, -0.1) is 0 Å². The Bertz CT molecular complexity index is 1560. The van der Waals surface area contributed by atoms with Gasteiger partial charge in [0, 0.05) is 5.39 Å². The number of ether oxygens (including phenoxy) is 2. The van der Waals surface area contributed by atoms with Crippen LogP contribution in [0, 0.1) is 5.92 Å². The summed E-state index contributed by atoms with van der Waals surface area (Å²) < 4.78 is 11.3. The largest absolute Gasteiger partial charge is 0.486 e. The number of ketones is 1. The minimum absolute atomic E-state index is 0.334. The summed E-state index contributed by atoms with van der Waals surface area (Å²) in [6, 6.07) is 27.6. The number of benzene rings is 4. The van der Waals surface area contributed by atoms with Gasteiger partial charge in [0.05, 0.1) is 6.42 Å². The van der Waals surface area contributed by atoms with Gasteiger partial charge in [0.15, 0.2) is 12.4 Å². The van der Waals surface area contributed by atoms with Crippen LogP contribution >= 0.6 is 0 Å². The van der Waals surface area contributed by atoms with Gasteiger partial charge in [-0.1, -0.05) is 92.7 Å². The fourth-order valence-electron chi connectivity index (χ4n) is 4.53. The van der Waals surface area contributed by atoms with Crippen molar-refractivity contribution in [1.82, 2.24) is 10.6 Å². The molecule has 0 bridgehead atoms. The van der Waals surface area contributed by atoms with Gasteiger partial charge in [-0.3, -0.25) is 19.2 Å². The van der Waals surface area contributed by atoms with Crippen molar-refractivity contribution < 1.29 is 33.8 Å². The number of carboxylic acids is 1. The average Bonchev–Trinajstić information content (AvgIpc) is 3.01. The number of aliphatic carboxylic acids is 1. The van der Waals surface area contributed by atoms with E-state index in [4.69, 9.17) is 9.47 Å². The van der Waals surface area contributed by atoms with Gasteiger partial charge in [0.1, 0.15) is 30.2 Å². The predicted molar refractivity (Wildman–Crippen MR) is 163 cm³/mol. The minimum atomic E-state index is -1.35. The molecule has 0 saturated heterocycles. The monoisotopic (exact) mass is 582 g/mol. The van der Waals surface area contributed by atoms with Crippen LogP contribution in [-0.2, 0) is 19.2 Å². The summed E-state index contributed by atoms with van der Waals surface area (Å²) in [6.45, 7) is 2.68. The molecule has 9 nitrogen and oxygen atoms in total. The van der Waals surface area contributed by atoms with E-state index in [1.165, 1.54) is 0 Å². The smallest absolute Gasteiger partial charge is 0.305 e. The topological polar surface area (TPSA) is 131 Å². The van der Waals surface area contributed by atoms with Crippen LogP contribution in [0.1, 0.15) is 20.3 Å². The van der Waals surface area contributed by atoms with Crippen LogP contribution in [0.25, 0.3) is 21.9 Å². The highest BCUT2D eigenvalue weighted by atomic mass is 16.5. The molecule has 222 valence electrons. The maximum atomic E-state index is 13.2. The van der Waals surface area contributed by atoms with Gasteiger partial charge < -0.3 is 25.2 Å². The molecule has 2 atom stereocenters. The zero-order chi connectivity index (χ0) is 30.8. The molecular formula is C34H34N2O7. The third kappa shape index (κ3) is 8.65. The van der Waals surface area contributed by atoms with Crippen molar-refractivity contribution in [2.75, 3.05) is 13.2 Å². The highest BCUT2D eigenvalue weighted by Gasteiger charge is 2.30.